The molecule has 2 aromatic heterocycles. The zero-order valence-electron chi connectivity index (χ0n) is 20.6. The van der Waals surface area contributed by atoms with E-state index in [1.54, 1.807) is 12.3 Å². The average Bonchev–Trinajstić information content (AvgIpc) is 3.47. The van der Waals surface area contributed by atoms with Gasteiger partial charge in [-0.1, -0.05) is 13.8 Å². The minimum Gasteiger partial charge on any atom is -0.423 e. The van der Waals surface area contributed by atoms with Crippen molar-refractivity contribution >= 4 is 11.5 Å². The van der Waals surface area contributed by atoms with Gasteiger partial charge in [-0.05, 0) is 66.0 Å². The number of nitrogens with zero attached hydrogens (tertiary/aromatic N) is 4. The molecule has 0 spiro atoms. The third kappa shape index (κ3) is 3.62. The lowest BCUT2D eigenvalue weighted by atomic mass is 9.80. The normalized spacial score (nSPS) is 23.7. The first-order chi connectivity index (χ1) is 16.7. The first-order valence-electron chi connectivity index (χ1n) is 12.3. The standard InChI is InChI=1S/C27H31FN6O/c1-14-5-6-16(11-31-14)35-26-32-23-9-17-18(7-15(28)8-22(17)30-4)24(23)25(33-26)34-12-19-20(13-34)27(2,3)10-21(19)29/h5-8,11,19-21,30H,9-10,12-13,29H2,1-4H3/t19-,20?,21?/m1/s1. The molecular weight excluding hydrogens is 443 g/mol. The van der Waals surface area contributed by atoms with Gasteiger partial charge in [-0.2, -0.15) is 9.97 Å². The molecule has 1 saturated carbocycles. The van der Waals surface area contributed by atoms with Crippen LogP contribution in [0.25, 0.3) is 11.1 Å². The largest absolute Gasteiger partial charge is 0.423 e. The molecule has 3 heterocycles. The monoisotopic (exact) mass is 474 g/mol. The van der Waals surface area contributed by atoms with Gasteiger partial charge in [-0.3, -0.25) is 4.98 Å². The summed E-state index contributed by atoms with van der Waals surface area (Å²) in [4.78, 5) is 16.3. The minimum atomic E-state index is -0.278. The second kappa shape index (κ2) is 7.88. The Morgan fingerprint density at radius 1 is 1.20 bits per heavy atom. The number of anilines is 2. The summed E-state index contributed by atoms with van der Waals surface area (Å²) >= 11 is 0. The van der Waals surface area contributed by atoms with Crippen LogP contribution in [-0.4, -0.2) is 41.1 Å². The van der Waals surface area contributed by atoms with Crippen LogP contribution in [0.1, 0.15) is 37.2 Å². The van der Waals surface area contributed by atoms with E-state index in [9.17, 15) is 4.39 Å². The van der Waals surface area contributed by atoms with E-state index < -0.39 is 0 Å². The van der Waals surface area contributed by atoms with Gasteiger partial charge in [-0.25, -0.2) is 4.39 Å². The first kappa shape index (κ1) is 22.2. The topological polar surface area (TPSA) is 89.2 Å². The number of ether oxygens (including phenoxy) is 1. The van der Waals surface area contributed by atoms with E-state index in [0.29, 0.717) is 24.0 Å². The summed E-state index contributed by atoms with van der Waals surface area (Å²) in [6, 6.07) is 7.35. The van der Waals surface area contributed by atoms with Crippen molar-refractivity contribution in [3.8, 4) is 22.9 Å². The summed E-state index contributed by atoms with van der Waals surface area (Å²) in [5, 5.41) is 3.14. The average molecular weight is 475 g/mol. The third-order valence-corrected chi connectivity index (χ3v) is 8.12. The van der Waals surface area contributed by atoms with Gasteiger partial charge in [0.1, 0.15) is 17.4 Å². The first-order valence-corrected chi connectivity index (χ1v) is 12.3. The molecule has 35 heavy (non-hydrogen) atoms. The zero-order chi connectivity index (χ0) is 24.5. The van der Waals surface area contributed by atoms with Gasteiger partial charge in [0.2, 0.25) is 0 Å². The number of nitrogens with one attached hydrogen (secondary N) is 1. The number of aromatic nitrogens is 3. The Morgan fingerprint density at radius 2 is 2.03 bits per heavy atom. The highest BCUT2D eigenvalue weighted by atomic mass is 19.1. The van der Waals surface area contributed by atoms with Crippen LogP contribution in [-0.2, 0) is 6.42 Å². The maximum atomic E-state index is 14.6. The van der Waals surface area contributed by atoms with Crippen molar-refractivity contribution < 1.29 is 9.13 Å². The molecule has 1 aliphatic heterocycles. The molecule has 3 atom stereocenters. The molecule has 8 heteroatoms. The van der Waals surface area contributed by atoms with E-state index in [-0.39, 0.29) is 23.3 Å². The molecule has 1 saturated heterocycles. The Balaban J connectivity index is 1.46. The van der Waals surface area contributed by atoms with Crippen molar-refractivity contribution in [3.05, 3.63) is 53.2 Å². The molecule has 7 nitrogen and oxygen atoms in total. The number of hydrogen-bond donors (Lipinski definition) is 2. The lowest BCUT2D eigenvalue weighted by Crippen LogP contribution is -2.31. The molecule has 2 unspecified atom stereocenters. The van der Waals surface area contributed by atoms with Gasteiger partial charge in [0.05, 0.1) is 11.9 Å². The van der Waals surface area contributed by atoms with Crippen molar-refractivity contribution in [3.63, 3.8) is 0 Å². The van der Waals surface area contributed by atoms with E-state index in [1.807, 2.05) is 26.1 Å². The Labute approximate surface area is 204 Å². The number of fused-ring (bicyclic) bond motifs is 4. The molecule has 0 amide bonds. The van der Waals surface area contributed by atoms with Crippen LogP contribution in [0.5, 0.6) is 11.8 Å². The molecule has 2 fully saturated rings. The SMILES string of the molecule is CNc1cc(F)cc2c1Cc1nc(Oc3ccc(C)nc3)nc(N3CC4[C@@H](C3)C(N)CC4(C)C)c1-2. The molecule has 3 aliphatic rings. The summed E-state index contributed by atoms with van der Waals surface area (Å²) in [7, 11) is 1.81. The Bertz CT molecular complexity index is 1310. The lowest BCUT2D eigenvalue weighted by molar-refractivity contribution is 0.258. The molecule has 3 N–H and O–H groups in total. The molecule has 3 aromatic rings. The maximum Gasteiger partial charge on any atom is 0.324 e. The number of hydrogen-bond acceptors (Lipinski definition) is 7. The molecule has 0 bridgehead atoms. The Morgan fingerprint density at radius 3 is 2.74 bits per heavy atom. The molecule has 6 rings (SSSR count). The summed E-state index contributed by atoms with van der Waals surface area (Å²) in [6.07, 6.45) is 3.30. The smallest absolute Gasteiger partial charge is 0.324 e. The molecular formula is C27H31FN6O. The fraction of sp³-hybridized carbons (Fsp3) is 0.444. The van der Waals surface area contributed by atoms with Gasteiger partial charge in [0.15, 0.2) is 0 Å². The van der Waals surface area contributed by atoms with Crippen molar-refractivity contribution in [2.24, 2.45) is 23.0 Å². The van der Waals surface area contributed by atoms with Crippen LogP contribution in [0.3, 0.4) is 0 Å². The Kier molecular flexibility index (Phi) is 5.00. The van der Waals surface area contributed by atoms with Crippen LogP contribution in [0.15, 0.2) is 30.5 Å². The second-order valence-electron chi connectivity index (χ2n) is 10.8. The Hall–Kier alpha value is -3.26. The number of aryl methyl sites for hydroxylation is 1. The van der Waals surface area contributed by atoms with Crippen LogP contribution in [0.2, 0.25) is 0 Å². The van der Waals surface area contributed by atoms with Crippen LogP contribution < -0.4 is 20.7 Å². The molecule has 2 aliphatic carbocycles. The lowest BCUT2D eigenvalue weighted by Gasteiger charge is -2.28. The van der Waals surface area contributed by atoms with Crippen LogP contribution >= 0.6 is 0 Å². The molecule has 0 radical (unpaired) electrons. The number of pyridine rings is 1. The third-order valence-electron chi connectivity index (χ3n) is 8.12. The zero-order valence-corrected chi connectivity index (χ0v) is 20.6. The fourth-order valence-electron chi connectivity index (χ4n) is 6.38. The predicted octanol–water partition coefficient (Wildman–Crippen LogP) is 4.53. The van der Waals surface area contributed by atoms with Crippen LogP contribution in [0.4, 0.5) is 15.9 Å². The van der Waals surface area contributed by atoms with Crippen molar-refractivity contribution in [1.29, 1.82) is 0 Å². The number of rotatable bonds is 4. The summed E-state index contributed by atoms with van der Waals surface area (Å²) in [6.45, 7) is 8.25. The number of nitrogens with two attached hydrogens (primary N) is 1. The summed E-state index contributed by atoms with van der Waals surface area (Å²) < 4.78 is 20.7. The van der Waals surface area contributed by atoms with Gasteiger partial charge in [0, 0.05) is 49.5 Å². The summed E-state index contributed by atoms with van der Waals surface area (Å²) in [5.41, 5.74) is 12.1. The molecule has 182 valence electrons. The number of benzene rings is 1. The molecule has 1 aromatic carbocycles. The van der Waals surface area contributed by atoms with Gasteiger partial charge < -0.3 is 20.7 Å². The van der Waals surface area contributed by atoms with E-state index in [4.69, 9.17) is 20.4 Å². The van der Waals surface area contributed by atoms with Crippen molar-refractivity contribution in [2.75, 3.05) is 30.4 Å². The van der Waals surface area contributed by atoms with E-state index in [0.717, 1.165) is 59.1 Å². The quantitative estimate of drug-likeness (QED) is 0.449. The van der Waals surface area contributed by atoms with Gasteiger partial charge >= 0.3 is 6.01 Å². The van der Waals surface area contributed by atoms with E-state index in [1.165, 1.54) is 6.07 Å². The summed E-state index contributed by atoms with van der Waals surface area (Å²) in [5.74, 6) is 1.99. The predicted molar refractivity (Wildman–Crippen MR) is 134 cm³/mol. The van der Waals surface area contributed by atoms with E-state index in [2.05, 4.69) is 29.0 Å². The fourth-order valence-corrected chi connectivity index (χ4v) is 6.38. The maximum absolute atomic E-state index is 14.6. The van der Waals surface area contributed by atoms with E-state index >= 15 is 0 Å². The van der Waals surface area contributed by atoms with Crippen LogP contribution in [0, 0.1) is 30.0 Å². The van der Waals surface area contributed by atoms with Crippen molar-refractivity contribution in [1.82, 2.24) is 15.0 Å². The van der Waals surface area contributed by atoms with Gasteiger partial charge in [-0.15, -0.1) is 0 Å². The highest BCUT2D eigenvalue weighted by molar-refractivity contribution is 5.88. The van der Waals surface area contributed by atoms with Gasteiger partial charge in [0.25, 0.3) is 0 Å². The second-order valence-corrected chi connectivity index (χ2v) is 10.8. The highest BCUT2D eigenvalue weighted by Gasteiger charge is 2.52. The number of halogens is 1. The van der Waals surface area contributed by atoms with Crippen molar-refractivity contribution in [2.45, 2.75) is 39.7 Å². The minimum absolute atomic E-state index is 0.171. The highest BCUT2D eigenvalue weighted by Crippen LogP contribution is 2.52.